The highest BCUT2D eigenvalue weighted by Gasteiger charge is 2.06. The summed E-state index contributed by atoms with van der Waals surface area (Å²) in [5.41, 5.74) is 7.68. The molecule has 68 valence electrons. The van der Waals surface area contributed by atoms with E-state index in [9.17, 15) is 0 Å². The normalized spacial score (nSPS) is 11.0. The van der Waals surface area contributed by atoms with E-state index in [1.807, 2.05) is 25.4 Å². The van der Waals surface area contributed by atoms with Crippen molar-refractivity contribution in [3.05, 3.63) is 28.4 Å². The van der Waals surface area contributed by atoms with Gasteiger partial charge in [-0.3, -0.25) is 4.68 Å². The lowest BCUT2D eigenvalue weighted by atomic mass is 10.1. The van der Waals surface area contributed by atoms with Crippen LogP contribution in [0.25, 0.3) is 10.9 Å². The van der Waals surface area contributed by atoms with Crippen LogP contribution in [0.2, 0.25) is 0 Å². The number of hydrogen-bond donors (Lipinski definition) is 1. The van der Waals surface area contributed by atoms with Crippen molar-refractivity contribution in [1.29, 1.82) is 0 Å². The van der Waals surface area contributed by atoms with E-state index in [1.54, 1.807) is 4.68 Å². The van der Waals surface area contributed by atoms with E-state index in [-0.39, 0.29) is 0 Å². The van der Waals surface area contributed by atoms with Crippen molar-refractivity contribution in [3.63, 3.8) is 0 Å². The minimum atomic E-state index is 0.529. The van der Waals surface area contributed by atoms with Gasteiger partial charge in [0.15, 0.2) is 0 Å². The minimum absolute atomic E-state index is 0.529. The van der Waals surface area contributed by atoms with E-state index in [1.165, 1.54) is 0 Å². The van der Waals surface area contributed by atoms with Crippen molar-refractivity contribution in [3.8, 4) is 0 Å². The van der Waals surface area contributed by atoms with Crippen LogP contribution in [-0.4, -0.2) is 9.78 Å². The Morgan fingerprint density at radius 3 is 3.00 bits per heavy atom. The average molecular weight is 240 g/mol. The van der Waals surface area contributed by atoms with E-state index in [2.05, 4.69) is 21.0 Å². The zero-order valence-electron chi connectivity index (χ0n) is 7.29. The summed E-state index contributed by atoms with van der Waals surface area (Å²) in [6.45, 7) is 0.529. The third kappa shape index (κ3) is 1.36. The topological polar surface area (TPSA) is 43.8 Å². The molecule has 2 aromatic rings. The summed E-state index contributed by atoms with van der Waals surface area (Å²) in [4.78, 5) is 0. The quantitative estimate of drug-likeness (QED) is 0.825. The van der Waals surface area contributed by atoms with Gasteiger partial charge < -0.3 is 5.73 Å². The number of aryl methyl sites for hydroxylation is 1. The molecule has 0 fully saturated rings. The Kier molecular flexibility index (Phi) is 2.09. The summed E-state index contributed by atoms with van der Waals surface area (Å²) in [7, 11) is 1.91. The molecule has 0 atom stereocenters. The highest BCUT2D eigenvalue weighted by molar-refractivity contribution is 9.10. The summed E-state index contributed by atoms with van der Waals surface area (Å²) in [6.07, 6.45) is 1.98. The highest BCUT2D eigenvalue weighted by atomic mass is 79.9. The van der Waals surface area contributed by atoms with Crippen molar-refractivity contribution in [2.24, 2.45) is 12.8 Å². The molecule has 0 aliphatic carbocycles. The van der Waals surface area contributed by atoms with Crippen molar-refractivity contribution in [2.45, 2.75) is 6.54 Å². The first-order valence-electron chi connectivity index (χ1n) is 4.03. The number of rotatable bonds is 1. The molecular formula is C9H10BrN3. The van der Waals surface area contributed by atoms with Crippen LogP contribution in [0.15, 0.2) is 22.8 Å². The Bertz CT molecular complexity index is 447. The van der Waals surface area contributed by atoms with Crippen LogP contribution in [0.4, 0.5) is 0 Å². The van der Waals surface area contributed by atoms with E-state index in [0.29, 0.717) is 6.54 Å². The third-order valence-corrected chi connectivity index (χ3v) is 2.73. The number of hydrogen-bond acceptors (Lipinski definition) is 2. The average Bonchev–Trinajstić information content (AvgIpc) is 2.48. The van der Waals surface area contributed by atoms with Crippen molar-refractivity contribution in [1.82, 2.24) is 9.78 Å². The third-order valence-electron chi connectivity index (χ3n) is 2.04. The van der Waals surface area contributed by atoms with Gasteiger partial charge in [-0.2, -0.15) is 5.10 Å². The van der Waals surface area contributed by atoms with Gasteiger partial charge in [0, 0.05) is 29.6 Å². The first-order valence-corrected chi connectivity index (χ1v) is 4.82. The van der Waals surface area contributed by atoms with E-state index < -0.39 is 0 Å². The van der Waals surface area contributed by atoms with Gasteiger partial charge >= 0.3 is 0 Å². The Balaban J connectivity index is 2.83. The molecule has 0 amide bonds. The van der Waals surface area contributed by atoms with Crippen molar-refractivity contribution < 1.29 is 0 Å². The molecule has 3 nitrogen and oxygen atoms in total. The molecule has 2 N–H and O–H groups in total. The second-order valence-electron chi connectivity index (χ2n) is 2.98. The van der Waals surface area contributed by atoms with Gasteiger partial charge in [-0.1, -0.05) is 22.0 Å². The monoisotopic (exact) mass is 239 g/mol. The highest BCUT2D eigenvalue weighted by Crippen LogP contribution is 2.25. The van der Waals surface area contributed by atoms with Gasteiger partial charge in [0.05, 0.1) is 5.52 Å². The lowest BCUT2D eigenvalue weighted by Gasteiger charge is -1.98. The summed E-state index contributed by atoms with van der Waals surface area (Å²) < 4.78 is 2.86. The SMILES string of the molecule is Cn1cc2c(Br)ccc(CN)c2n1. The van der Waals surface area contributed by atoms with Gasteiger partial charge in [-0.25, -0.2) is 0 Å². The lowest BCUT2D eigenvalue weighted by molar-refractivity contribution is 0.778. The maximum atomic E-state index is 5.61. The lowest BCUT2D eigenvalue weighted by Crippen LogP contribution is -1.97. The van der Waals surface area contributed by atoms with Crippen molar-refractivity contribution >= 4 is 26.8 Å². The number of nitrogens with zero attached hydrogens (tertiary/aromatic N) is 2. The molecule has 0 radical (unpaired) electrons. The molecular weight excluding hydrogens is 230 g/mol. The van der Waals surface area contributed by atoms with E-state index in [0.717, 1.165) is 20.9 Å². The molecule has 1 aromatic heterocycles. The fourth-order valence-corrected chi connectivity index (χ4v) is 1.83. The van der Waals surface area contributed by atoms with Gasteiger partial charge in [0.1, 0.15) is 0 Å². The molecule has 0 spiro atoms. The standard InChI is InChI=1S/C9H10BrN3/c1-13-5-7-8(10)3-2-6(4-11)9(7)12-13/h2-3,5H,4,11H2,1H3. The van der Waals surface area contributed by atoms with Crippen LogP contribution in [-0.2, 0) is 13.6 Å². The van der Waals surface area contributed by atoms with Crippen molar-refractivity contribution in [2.75, 3.05) is 0 Å². The van der Waals surface area contributed by atoms with E-state index >= 15 is 0 Å². The van der Waals surface area contributed by atoms with Crippen LogP contribution < -0.4 is 5.73 Å². The van der Waals surface area contributed by atoms with Crippen LogP contribution in [0.3, 0.4) is 0 Å². The number of benzene rings is 1. The fourth-order valence-electron chi connectivity index (χ4n) is 1.41. The zero-order valence-corrected chi connectivity index (χ0v) is 8.87. The number of aromatic nitrogens is 2. The van der Waals surface area contributed by atoms with E-state index in [4.69, 9.17) is 5.73 Å². The smallest absolute Gasteiger partial charge is 0.0979 e. The Hall–Kier alpha value is -0.870. The second kappa shape index (κ2) is 3.12. The Morgan fingerprint density at radius 1 is 1.54 bits per heavy atom. The Labute approximate surface area is 84.7 Å². The Morgan fingerprint density at radius 2 is 2.31 bits per heavy atom. The first kappa shape index (κ1) is 8.72. The molecule has 0 aliphatic rings. The molecule has 13 heavy (non-hydrogen) atoms. The molecule has 0 saturated carbocycles. The van der Waals surface area contributed by atoms with Gasteiger partial charge in [0.2, 0.25) is 0 Å². The molecule has 0 bridgehead atoms. The molecule has 4 heteroatoms. The van der Waals surface area contributed by atoms with Gasteiger partial charge in [0.25, 0.3) is 0 Å². The van der Waals surface area contributed by atoms with Crippen LogP contribution >= 0.6 is 15.9 Å². The number of nitrogens with two attached hydrogens (primary N) is 1. The number of fused-ring (bicyclic) bond motifs is 1. The molecule has 2 rings (SSSR count). The summed E-state index contributed by atoms with van der Waals surface area (Å²) >= 11 is 3.48. The van der Waals surface area contributed by atoms with Crippen LogP contribution in [0, 0.1) is 0 Å². The minimum Gasteiger partial charge on any atom is -0.326 e. The molecule has 0 unspecified atom stereocenters. The largest absolute Gasteiger partial charge is 0.326 e. The number of halogens is 1. The first-order chi connectivity index (χ1) is 6.22. The van der Waals surface area contributed by atoms with Crippen LogP contribution in [0.1, 0.15) is 5.56 Å². The van der Waals surface area contributed by atoms with Gasteiger partial charge in [-0.05, 0) is 11.6 Å². The fraction of sp³-hybridized carbons (Fsp3) is 0.222. The summed E-state index contributed by atoms with van der Waals surface area (Å²) in [5, 5.41) is 5.47. The maximum Gasteiger partial charge on any atom is 0.0979 e. The van der Waals surface area contributed by atoms with Gasteiger partial charge in [-0.15, -0.1) is 0 Å². The predicted molar refractivity (Wildman–Crippen MR) is 56.3 cm³/mol. The maximum absolute atomic E-state index is 5.61. The molecule has 1 aromatic carbocycles. The summed E-state index contributed by atoms with van der Waals surface area (Å²) in [6, 6.07) is 4.01. The zero-order chi connectivity index (χ0) is 9.42. The molecule has 1 heterocycles. The summed E-state index contributed by atoms with van der Waals surface area (Å²) in [5.74, 6) is 0. The molecule has 0 aliphatic heterocycles. The van der Waals surface area contributed by atoms with Crippen LogP contribution in [0.5, 0.6) is 0 Å². The molecule has 0 saturated heterocycles. The second-order valence-corrected chi connectivity index (χ2v) is 3.83. The predicted octanol–water partition coefficient (Wildman–Crippen LogP) is 1.79.